The Kier molecular flexibility index (Phi) is 7.48. The highest BCUT2D eigenvalue weighted by Crippen LogP contribution is 2.31. The number of fused-ring (bicyclic) bond motifs is 1. The number of esters is 1. The predicted octanol–water partition coefficient (Wildman–Crippen LogP) is 4.03. The fourth-order valence-corrected chi connectivity index (χ4v) is 4.41. The third-order valence-corrected chi connectivity index (χ3v) is 6.49. The lowest BCUT2D eigenvalue weighted by molar-refractivity contribution is -0.134. The van der Waals surface area contributed by atoms with Crippen molar-refractivity contribution in [1.82, 2.24) is 4.72 Å². The summed E-state index contributed by atoms with van der Waals surface area (Å²) in [5.41, 5.74) is 2.41. The van der Waals surface area contributed by atoms with Crippen LogP contribution in [0.2, 0.25) is 0 Å². The van der Waals surface area contributed by atoms with Crippen LogP contribution in [0.15, 0.2) is 56.6 Å². The van der Waals surface area contributed by atoms with E-state index in [1.807, 2.05) is 13.8 Å². The summed E-state index contributed by atoms with van der Waals surface area (Å²) in [5.74, 6) is -0.280. The molecule has 0 aliphatic rings. The Hall–Kier alpha value is -2.97. The molecule has 0 amide bonds. The second-order valence-electron chi connectivity index (χ2n) is 7.77. The van der Waals surface area contributed by atoms with Gasteiger partial charge in [0, 0.05) is 12.6 Å². The minimum absolute atomic E-state index is 0.101. The molecule has 0 unspecified atom stereocenters. The van der Waals surface area contributed by atoms with Crippen LogP contribution < -0.4 is 15.1 Å². The zero-order valence-electron chi connectivity index (χ0n) is 18.4. The number of hydrogen-bond donors (Lipinski definition) is 1. The molecule has 1 heterocycles. The minimum atomic E-state index is -3.72. The lowest BCUT2D eigenvalue weighted by atomic mass is 10.0. The van der Waals surface area contributed by atoms with Crippen LogP contribution in [0.5, 0.6) is 5.75 Å². The zero-order chi connectivity index (χ0) is 23.3. The van der Waals surface area contributed by atoms with Crippen LogP contribution in [0, 0.1) is 13.8 Å². The second-order valence-corrected chi connectivity index (χ2v) is 9.53. The molecular formula is C24H27NO6S. The van der Waals surface area contributed by atoms with Gasteiger partial charge in [-0.3, -0.25) is 4.79 Å². The summed E-state index contributed by atoms with van der Waals surface area (Å²) in [7, 11) is -3.72. The van der Waals surface area contributed by atoms with Gasteiger partial charge in [-0.15, -0.1) is 0 Å². The van der Waals surface area contributed by atoms with Gasteiger partial charge < -0.3 is 9.15 Å². The molecule has 0 radical (unpaired) electrons. The lowest BCUT2D eigenvalue weighted by Crippen LogP contribution is -2.27. The van der Waals surface area contributed by atoms with Crippen LogP contribution in [0.25, 0.3) is 11.0 Å². The van der Waals surface area contributed by atoms with Crippen LogP contribution in [-0.2, 0) is 21.2 Å². The van der Waals surface area contributed by atoms with E-state index in [0.717, 1.165) is 29.5 Å². The summed E-state index contributed by atoms with van der Waals surface area (Å²) in [6.07, 6.45) is 2.33. The van der Waals surface area contributed by atoms with Gasteiger partial charge in [0.15, 0.2) is 0 Å². The van der Waals surface area contributed by atoms with Crippen molar-refractivity contribution in [2.24, 2.45) is 0 Å². The molecule has 3 rings (SSSR count). The number of sulfonamides is 1. The van der Waals surface area contributed by atoms with Crippen molar-refractivity contribution in [1.29, 1.82) is 0 Å². The highest BCUT2D eigenvalue weighted by Gasteiger charge is 2.17. The van der Waals surface area contributed by atoms with Crippen LogP contribution >= 0.6 is 0 Å². The summed E-state index contributed by atoms with van der Waals surface area (Å²) < 4.78 is 38.1. The monoisotopic (exact) mass is 457 g/mol. The summed E-state index contributed by atoms with van der Waals surface area (Å²) in [6, 6.07) is 11.3. The number of carbonyl (C=O) groups is 1. The van der Waals surface area contributed by atoms with E-state index >= 15 is 0 Å². The molecule has 32 heavy (non-hydrogen) atoms. The quantitative estimate of drug-likeness (QED) is 0.296. The summed E-state index contributed by atoms with van der Waals surface area (Å²) in [4.78, 5) is 24.6. The average Bonchev–Trinajstić information content (AvgIpc) is 2.71. The Bertz CT molecular complexity index is 1280. The number of carbonyl (C=O) groups excluding carboxylic acids is 1. The highest BCUT2D eigenvalue weighted by molar-refractivity contribution is 7.89. The Labute approximate surface area is 187 Å². The van der Waals surface area contributed by atoms with E-state index in [4.69, 9.17) is 9.15 Å². The first-order valence-electron chi connectivity index (χ1n) is 10.5. The molecule has 0 fully saturated rings. The molecule has 0 saturated carbocycles. The van der Waals surface area contributed by atoms with E-state index in [1.165, 1.54) is 18.2 Å². The maximum absolute atomic E-state index is 12.5. The van der Waals surface area contributed by atoms with Gasteiger partial charge in [-0.2, -0.15) is 0 Å². The molecular weight excluding hydrogens is 430 g/mol. The topological polar surface area (TPSA) is 103 Å². The lowest BCUT2D eigenvalue weighted by Gasteiger charge is -2.12. The average molecular weight is 458 g/mol. The number of rotatable bonds is 9. The van der Waals surface area contributed by atoms with Gasteiger partial charge in [-0.25, -0.2) is 17.9 Å². The summed E-state index contributed by atoms with van der Waals surface area (Å²) in [6.45, 7) is 5.63. The molecule has 0 spiro atoms. The molecule has 8 heteroatoms. The summed E-state index contributed by atoms with van der Waals surface area (Å²) >= 11 is 0. The Morgan fingerprint density at radius 3 is 2.47 bits per heavy atom. The number of nitrogens with one attached hydrogen (secondary N) is 1. The van der Waals surface area contributed by atoms with Gasteiger partial charge in [-0.1, -0.05) is 31.0 Å². The van der Waals surface area contributed by atoms with Crippen molar-refractivity contribution in [3.63, 3.8) is 0 Å². The van der Waals surface area contributed by atoms with Gasteiger partial charge >= 0.3 is 11.6 Å². The second kappa shape index (κ2) is 10.1. The Balaban J connectivity index is 1.75. The van der Waals surface area contributed by atoms with Crippen LogP contribution in [-0.4, -0.2) is 20.9 Å². The SMILES string of the molecule is CCCCc1cc(=O)oc2cc(C)cc(OC(=O)CCNS(=O)(=O)c3ccc(C)cc3)c12. The predicted molar refractivity (Wildman–Crippen MR) is 122 cm³/mol. The van der Waals surface area contributed by atoms with Crippen molar-refractivity contribution in [2.75, 3.05) is 6.54 Å². The first-order chi connectivity index (χ1) is 15.2. The molecule has 2 aromatic carbocycles. The van der Waals surface area contributed by atoms with E-state index in [1.54, 1.807) is 24.3 Å². The zero-order valence-corrected chi connectivity index (χ0v) is 19.3. The fraction of sp³-hybridized carbons (Fsp3) is 0.333. The molecule has 0 aliphatic heterocycles. The molecule has 0 bridgehead atoms. The number of hydrogen-bond acceptors (Lipinski definition) is 6. The molecule has 0 saturated heterocycles. The number of unbranched alkanes of at least 4 members (excludes halogenated alkanes) is 1. The van der Waals surface area contributed by atoms with Crippen molar-refractivity contribution in [3.05, 3.63) is 69.6 Å². The van der Waals surface area contributed by atoms with E-state index in [0.29, 0.717) is 23.1 Å². The van der Waals surface area contributed by atoms with Crippen molar-refractivity contribution < 1.29 is 22.4 Å². The highest BCUT2D eigenvalue weighted by atomic mass is 32.2. The maximum atomic E-state index is 12.5. The van der Waals surface area contributed by atoms with Gasteiger partial charge in [0.2, 0.25) is 10.0 Å². The minimum Gasteiger partial charge on any atom is -0.426 e. The van der Waals surface area contributed by atoms with E-state index in [2.05, 4.69) is 11.6 Å². The molecule has 7 nitrogen and oxygen atoms in total. The van der Waals surface area contributed by atoms with Gasteiger partial charge in [0.05, 0.1) is 16.7 Å². The Morgan fingerprint density at radius 1 is 1.06 bits per heavy atom. The maximum Gasteiger partial charge on any atom is 0.336 e. The molecule has 170 valence electrons. The van der Waals surface area contributed by atoms with Crippen molar-refractivity contribution >= 4 is 27.0 Å². The Morgan fingerprint density at radius 2 is 1.78 bits per heavy atom. The van der Waals surface area contributed by atoms with Gasteiger partial charge in [0.1, 0.15) is 11.3 Å². The number of benzene rings is 2. The normalized spacial score (nSPS) is 11.6. The van der Waals surface area contributed by atoms with E-state index in [9.17, 15) is 18.0 Å². The third kappa shape index (κ3) is 5.83. The van der Waals surface area contributed by atoms with Crippen LogP contribution in [0.4, 0.5) is 0 Å². The van der Waals surface area contributed by atoms with E-state index < -0.39 is 21.6 Å². The fourth-order valence-electron chi connectivity index (χ4n) is 3.38. The number of aryl methyl sites for hydroxylation is 3. The van der Waals surface area contributed by atoms with Gasteiger partial charge in [0.25, 0.3) is 0 Å². The third-order valence-electron chi connectivity index (χ3n) is 5.01. The molecule has 1 aromatic heterocycles. The standard InChI is InChI=1S/C24H27NO6S/c1-4-5-6-18-15-23(27)31-21-14-17(3)13-20(24(18)21)30-22(26)11-12-25-32(28,29)19-9-7-16(2)8-10-19/h7-10,13-15,25H,4-6,11-12H2,1-3H3. The smallest absolute Gasteiger partial charge is 0.336 e. The van der Waals surface area contributed by atoms with Crippen molar-refractivity contribution in [2.45, 2.75) is 51.3 Å². The molecule has 3 aromatic rings. The summed E-state index contributed by atoms with van der Waals surface area (Å²) in [5, 5.41) is 0.595. The first-order valence-corrected chi connectivity index (χ1v) is 12.0. The molecule has 1 N–H and O–H groups in total. The number of ether oxygens (including phenoxy) is 1. The van der Waals surface area contributed by atoms with Gasteiger partial charge in [-0.05, 0) is 62.1 Å². The largest absolute Gasteiger partial charge is 0.426 e. The molecule has 0 atom stereocenters. The molecule has 0 aliphatic carbocycles. The van der Waals surface area contributed by atoms with Crippen LogP contribution in [0.1, 0.15) is 42.9 Å². The van der Waals surface area contributed by atoms with Crippen LogP contribution in [0.3, 0.4) is 0 Å². The van der Waals surface area contributed by atoms with E-state index in [-0.39, 0.29) is 17.9 Å². The van der Waals surface area contributed by atoms with Crippen molar-refractivity contribution in [3.8, 4) is 5.75 Å². The first kappa shape index (κ1) is 23.7.